The minimum Gasteiger partial charge on any atom is -0.479 e. The molecule has 1 aliphatic carbocycles. The molecule has 2 aliphatic rings. The number of carboxylic acids is 1. The predicted molar refractivity (Wildman–Crippen MR) is 159 cm³/mol. The molecule has 4 amide bonds. The van der Waals surface area contributed by atoms with Crippen LogP contribution >= 0.6 is 0 Å². The molecule has 15 heteroatoms. The standard InChI is InChI=1S/C31H39F3N4O8/c1-9-29(10-2,24(41)42)36-22(39)21-15-20(45-25(43)35-19-13-11-12-18(14-19)31(32,33)34)16-38(21)23(40)30(17(3)28(30,7)8)37-26(44)46-27(4,5)6/h9,11-15,17,21H,1,10,16H2,2-8H3,(H,35,43)(H,36,39)(H,37,44)(H,41,42)/t17?,21-,29?,30+/m0/s1. The molecule has 1 aliphatic heterocycles. The maximum Gasteiger partial charge on any atom is 0.416 e. The number of nitrogens with one attached hydrogen (secondary N) is 3. The second-order valence-corrected chi connectivity index (χ2v) is 12.8. The van der Waals surface area contributed by atoms with Gasteiger partial charge in [-0.3, -0.25) is 14.9 Å². The fraction of sp³-hybridized carbons (Fsp3) is 0.516. The summed E-state index contributed by atoms with van der Waals surface area (Å²) >= 11 is 0. The van der Waals surface area contributed by atoms with Crippen LogP contribution in [0.3, 0.4) is 0 Å². The lowest BCUT2D eigenvalue weighted by Gasteiger charge is -2.33. The minimum atomic E-state index is -4.66. The lowest BCUT2D eigenvalue weighted by atomic mass is 9.95. The van der Waals surface area contributed by atoms with Crippen LogP contribution in [0.5, 0.6) is 0 Å². The third kappa shape index (κ3) is 6.97. The number of alkyl halides is 3. The number of benzene rings is 1. The Hall–Kier alpha value is -4.56. The largest absolute Gasteiger partial charge is 0.479 e. The van der Waals surface area contributed by atoms with E-state index in [0.29, 0.717) is 6.07 Å². The van der Waals surface area contributed by atoms with Crippen LogP contribution in [-0.4, -0.2) is 69.2 Å². The number of hydrogen-bond donors (Lipinski definition) is 4. The van der Waals surface area contributed by atoms with Crippen LogP contribution < -0.4 is 16.0 Å². The Morgan fingerprint density at radius 1 is 1.13 bits per heavy atom. The van der Waals surface area contributed by atoms with Crippen LogP contribution in [0.15, 0.2) is 48.8 Å². The summed E-state index contributed by atoms with van der Waals surface area (Å²) in [6.45, 7) is 14.7. The maximum absolute atomic E-state index is 14.3. The second-order valence-electron chi connectivity index (χ2n) is 12.8. The molecule has 46 heavy (non-hydrogen) atoms. The third-order valence-electron chi connectivity index (χ3n) is 8.53. The number of carbonyl (C=O) groups is 5. The molecular weight excluding hydrogens is 613 g/mol. The molecule has 0 radical (unpaired) electrons. The van der Waals surface area contributed by atoms with Crippen LogP contribution in [-0.2, 0) is 30.0 Å². The van der Waals surface area contributed by atoms with Gasteiger partial charge in [0.25, 0.3) is 5.91 Å². The number of halogens is 3. The Morgan fingerprint density at radius 3 is 2.22 bits per heavy atom. The molecular formula is C31H39F3N4O8. The van der Waals surface area contributed by atoms with Crippen LogP contribution in [0.1, 0.15) is 60.5 Å². The van der Waals surface area contributed by atoms with Crippen molar-refractivity contribution in [3.63, 3.8) is 0 Å². The van der Waals surface area contributed by atoms with Crippen LogP contribution in [0, 0.1) is 11.3 Å². The molecule has 1 aromatic rings. The molecule has 0 saturated heterocycles. The summed E-state index contributed by atoms with van der Waals surface area (Å²) in [4.78, 5) is 66.6. The molecule has 3 rings (SSSR count). The van der Waals surface area contributed by atoms with Gasteiger partial charge in [-0.1, -0.05) is 39.8 Å². The van der Waals surface area contributed by atoms with Crippen molar-refractivity contribution in [3.8, 4) is 0 Å². The van der Waals surface area contributed by atoms with E-state index < -0.39 is 82.3 Å². The first-order chi connectivity index (χ1) is 21.0. The van der Waals surface area contributed by atoms with E-state index >= 15 is 0 Å². The van der Waals surface area contributed by atoms with Crippen LogP contribution in [0.4, 0.5) is 28.4 Å². The summed E-state index contributed by atoms with van der Waals surface area (Å²) in [5.41, 5.74) is -6.43. The minimum absolute atomic E-state index is 0.0983. The Labute approximate surface area is 264 Å². The SMILES string of the molecule is C=CC(CC)(NC(=O)[C@@H]1C=C(OC(=O)Nc2cccc(C(F)(F)F)c2)CN1C(=O)[C@]1(NC(=O)OC(C)(C)C)C(C)C1(C)C)C(=O)O. The normalized spacial score (nSPS) is 23.3. The van der Waals surface area contributed by atoms with E-state index in [-0.39, 0.29) is 17.9 Å². The van der Waals surface area contributed by atoms with Crippen molar-refractivity contribution in [2.24, 2.45) is 11.3 Å². The molecule has 0 aromatic heterocycles. The maximum atomic E-state index is 14.3. The van der Waals surface area contributed by atoms with Crippen molar-refractivity contribution in [2.45, 2.75) is 83.8 Å². The molecule has 1 heterocycles. The fourth-order valence-corrected chi connectivity index (χ4v) is 5.47. The van der Waals surface area contributed by atoms with Crippen LogP contribution in [0.25, 0.3) is 0 Å². The van der Waals surface area contributed by atoms with E-state index in [1.54, 1.807) is 41.5 Å². The molecule has 1 saturated carbocycles. The average molecular weight is 653 g/mol. The van der Waals surface area contributed by atoms with Crippen molar-refractivity contribution < 1.29 is 51.7 Å². The van der Waals surface area contributed by atoms with Crippen molar-refractivity contribution in [1.29, 1.82) is 0 Å². The monoisotopic (exact) mass is 652 g/mol. The van der Waals surface area contributed by atoms with Crippen molar-refractivity contribution >= 4 is 35.7 Å². The lowest BCUT2D eigenvalue weighted by Crippen LogP contribution is -2.61. The summed E-state index contributed by atoms with van der Waals surface area (Å²) in [6.07, 6.45) is -4.70. The Kier molecular flexibility index (Phi) is 9.62. The molecule has 4 N–H and O–H groups in total. The first-order valence-corrected chi connectivity index (χ1v) is 14.4. The number of ether oxygens (including phenoxy) is 2. The van der Waals surface area contributed by atoms with E-state index in [4.69, 9.17) is 9.47 Å². The number of rotatable bonds is 9. The van der Waals surface area contributed by atoms with Gasteiger partial charge < -0.3 is 30.1 Å². The predicted octanol–water partition coefficient (Wildman–Crippen LogP) is 4.82. The van der Waals surface area contributed by atoms with Gasteiger partial charge in [-0.25, -0.2) is 14.4 Å². The number of carboxylic acid groups (broad SMARTS) is 1. The van der Waals surface area contributed by atoms with E-state index in [0.717, 1.165) is 29.2 Å². The zero-order valence-electron chi connectivity index (χ0n) is 26.6. The highest BCUT2D eigenvalue weighted by Gasteiger charge is 2.76. The van der Waals surface area contributed by atoms with Crippen molar-refractivity contribution in [1.82, 2.24) is 15.5 Å². The Balaban J connectivity index is 1.95. The number of anilines is 1. The number of amides is 4. The van der Waals surface area contributed by atoms with Gasteiger partial charge in [-0.2, -0.15) is 13.2 Å². The van der Waals surface area contributed by atoms with Gasteiger partial charge in [0.1, 0.15) is 22.9 Å². The average Bonchev–Trinajstić information content (AvgIpc) is 3.20. The number of carbonyl (C=O) groups excluding carboxylic acids is 4. The fourth-order valence-electron chi connectivity index (χ4n) is 5.47. The highest BCUT2D eigenvalue weighted by Crippen LogP contribution is 2.62. The number of aliphatic carboxylic acids is 1. The lowest BCUT2D eigenvalue weighted by molar-refractivity contribution is -0.147. The summed E-state index contributed by atoms with van der Waals surface area (Å²) < 4.78 is 50.1. The van der Waals surface area contributed by atoms with Gasteiger partial charge in [0.05, 0.1) is 12.1 Å². The molecule has 1 fully saturated rings. The third-order valence-corrected chi connectivity index (χ3v) is 8.53. The van der Waals surface area contributed by atoms with Gasteiger partial charge >= 0.3 is 24.3 Å². The first-order valence-electron chi connectivity index (χ1n) is 14.4. The topological polar surface area (TPSA) is 163 Å². The van der Waals surface area contributed by atoms with E-state index in [9.17, 15) is 42.3 Å². The molecule has 0 spiro atoms. The Morgan fingerprint density at radius 2 is 1.74 bits per heavy atom. The van der Waals surface area contributed by atoms with Crippen molar-refractivity contribution in [2.75, 3.05) is 11.9 Å². The van der Waals surface area contributed by atoms with Gasteiger partial charge in [-0.05, 0) is 57.4 Å². The highest BCUT2D eigenvalue weighted by molar-refractivity contribution is 6.01. The highest BCUT2D eigenvalue weighted by atomic mass is 19.4. The Bertz CT molecular complexity index is 1470. The molecule has 0 bridgehead atoms. The molecule has 1 aromatic carbocycles. The molecule has 252 valence electrons. The van der Waals surface area contributed by atoms with Crippen LogP contribution in [0.2, 0.25) is 0 Å². The smallest absolute Gasteiger partial charge is 0.416 e. The molecule has 2 unspecified atom stereocenters. The van der Waals surface area contributed by atoms with E-state index in [1.165, 1.54) is 13.0 Å². The number of alkyl carbamates (subject to hydrolysis) is 1. The molecule has 12 nitrogen and oxygen atoms in total. The number of nitrogens with zero attached hydrogens (tertiary/aromatic N) is 1. The van der Waals surface area contributed by atoms with Crippen molar-refractivity contribution in [3.05, 3.63) is 54.3 Å². The summed E-state index contributed by atoms with van der Waals surface area (Å²) in [5, 5.41) is 17.1. The van der Waals surface area contributed by atoms with Gasteiger partial charge in [0, 0.05) is 11.1 Å². The van der Waals surface area contributed by atoms with E-state index in [1.807, 2.05) is 0 Å². The van der Waals surface area contributed by atoms with Gasteiger partial charge in [0.15, 0.2) is 5.54 Å². The van der Waals surface area contributed by atoms with Gasteiger partial charge in [-0.15, -0.1) is 6.58 Å². The second kappa shape index (κ2) is 12.3. The number of hydrogen-bond acceptors (Lipinski definition) is 7. The first kappa shape index (κ1) is 35.9. The quantitative estimate of drug-likeness (QED) is 0.276. The van der Waals surface area contributed by atoms with E-state index in [2.05, 4.69) is 22.5 Å². The summed E-state index contributed by atoms with van der Waals surface area (Å²) in [7, 11) is 0. The molecule has 4 atom stereocenters. The zero-order valence-corrected chi connectivity index (χ0v) is 26.6. The summed E-state index contributed by atoms with van der Waals surface area (Å²) in [5.74, 6) is -3.78. The summed E-state index contributed by atoms with van der Waals surface area (Å²) in [6, 6.07) is 2.30. The van der Waals surface area contributed by atoms with Gasteiger partial charge in [0.2, 0.25) is 5.91 Å². The zero-order chi connectivity index (χ0) is 35.0.